The van der Waals surface area contributed by atoms with Gasteiger partial charge >= 0.3 is 16.4 Å². The number of hydrogen-bond donors (Lipinski definition) is 0. The van der Waals surface area contributed by atoms with Crippen LogP contribution in [0.4, 0.5) is 4.79 Å². The first kappa shape index (κ1) is 27.8. The van der Waals surface area contributed by atoms with Crippen LogP contribution in [0.2, 0.25) is 18.1 Å². The highest BCUT2D eigenvalue weighted by Gasteiger charge is 2.69. The normalized spacial score (nSPS) is 35.4. The van der Waals surface area contributed by atoms with Crippen molar-refractivity contribution in [2.24, 2.45) is 0 Å². The summed E-state index contributed by atoms with van der Waals surface area (Å²) in [6.45, 7) is 20.8. The Labute approximate surface area is 204 Å². The lowest BCUT2D eigenvalue weighted by Gasteiger charge is -2.46. The van der Waals surface area contributed by atoms with E-state index in [0.717, 1.165) is 0 Å². The quantitative estimate of drug-likeness (QED) is 0.508. The van der Waals surface area contributed by atoms with E-state index in [-0.39, 0.29) is 18.1 Å². The molecule has 0 aromatic rings. The van der Waals surface area contributed by atoms with Crippen molar-refractivity contribution >= 4 is 24.7 Å². The summed E-state index contributed by atoms with van der Waals surface area (Å²) in [5.41, 5.74) is -2.29. The van der Waals surface area contributed by atoms with Crippen LogP contribution in [0.1, 0.15) is 68.7 Å². The Morgan fingerprint density at radius 3 is 2.21 bits per heavy atom. The molecule has 3 fully saturated rings. The Balaban J connectivity index is 1.94. The Bertz CT molecular complexity index is 908. The maximum Gasteiger partial charge on any atom is 0.426 e. The second-order valence-corrected chi connectivity index (χ2v) is 18.7. The van der Waals surface area contributed by atoms with Crippen molar-refractivity contribution in [3.8, 4) is 0 Å². The van der Waals surface area contributed by atoms with Crippen molar-refractivity contribution in [3.05, 3.63) is 0 Å². The maximum atomic E-state index is 13.4. The van der Waals surface area contributed by atoms with Crippen molar-refractivity contribution in [2.45, 2.75) is 128 Å². The zero-order valence-electron chi connectivity index (χ0n) is 22.3. The standard InChI is InChI=1S/C22H41NO9SSi/c1-14-12-22(32-33(25,26)23(14)18(24)31-19(2,3)4)15(13-27-34(10,11)20(5,6)7)28-17-16(22)29-21(8,9)30-17/h14-17H,12-13H2,1-11H3/t14-,15+,16-,17+,22+/m0/s1. The van der Waals surface area contributed by atoms with Gasteiger partial charge in [0, 0.05) is 6.42 Å². The van der Waals surface area contributed by atoms with Gasteiger partial charge in [0.05, 0.1) is 12.6 Å². The lowest BCUT2D eigenvalue weighted by molar-refractivity contribution is -0.232. The van der Waals surface area contributed by atoms with Crippen LogP contribution in [-0.4, -0.2) is 75.3 Å². The molecule has 34 heavy (non-hydrogen) atoms. The SMILES string of the molecule is C[C@H]1C[C@@]2(OS(=O)(=O)N1C(=O)OC(C)(C)C)[C@@H](CO[Si](C)(C)C(C)(C)C)O[C@@H]1OC(C)(C)O[C@@H]12. The van der Waals surface area contributed by atoms with Crippen molar-refractivity contribution in [2.75, 3.05) is 6.61 Å². The van der Waals surface area contributed by atoms with E-state index in [1.165, 1.54) is 0 Å². The number of nitrogens with zero attached hydrogens (tertiary/aromatic N) is 1. The molecule has 10 nitrogen and oxygen atoms in total. The van der Waals surface area contributed by atoms with Gasteiger partial charge < -0.3 is 23.4 Å². The summed E-state index contributed by atoms with van der Waals surface area (Å²) < 4.78 is 63.1. The van der Waals surface area contributed by atoms with E-state index in [2.05, 4.69) is 33.9 Å². The van der Waals surface area contributed by atoms with E-state index in [1.54, 1.807) is 41.5 Å². The summed E-state index contributed by atoms with van der Waals surface area (Å²) in [6.07, 6.45) is -3.25. The first-order chi connectivity index (χ1) is 15.1. The fraction of sp³-hybridized carbons (Fsp3) is 0.955. The average Bonchev–Trinajstić information content (AvgIpc) is 3.00. The predicted octanol–water partition coefficient (Wildman–Crippen LogP) is 3.91. The van der Waals surface area contributed by atoms with E-state index < -0.39 is 66.2 Å². The first-order valence-corrected chi connectivity index (χ1v) is 16.0. The molecule has 3 rings (SSSR count). The molecule has 0 radical (unpaired) electrons. The summed E-state index contributed by atoms with van der Waals surface area (Å²) in [7, 11) is -6.71. The summed E-state index contributed by atoms with van der Waals surface area (Å²) in [6, 6.07) is -0.765. The Kier molecular flexibility index (Phi) is 6.86. The van der Waals surface area contributed by atoms with E-state index in [0.29, 0.717) is 4.31 Å². The lowest BCUT2D eigenvalue weighted by Crippen LogP contribution is -2.64. The topological polar surface area (TPSA) is 110 Å². The van der Waals surface area contributed by atoms with Gasteiger partial charge in [0.2, 0.25) is 0 Å². The number of hydrogen-bond acceptors (Lipinski definition) is 9. The van der Waals surface area contributed by atoms with Crippen molar-refractivity contribution in [3.63, 3.8) is 0 Å². The second kappa shape index (κ2) is 8.39. The summed E-state index contributed by atoms with van der Waals surface area (Å²) in [5.74, 6) is -0.980. The van der Waals surface area contributed by atoms with E-state index in [1.807, 2.05) is 0 Å². The molecule has 3 aliphatic rings. The molecule has 1 amide bonds. The monoisotopic (exact) mass is 523 g/mol. The minimum absolute atomic E-state index is 0.0517. The molecule has 3 heterocycles. The third-order valence-corrected chi connectivity index (χ3v) is 12.9. The molecule has 0 aromatic carbocycles. The van der Waals surface area contributed by atoms with Gasteiger partial charge in [-0.05, 0) is 59.7 Å². The minimum Gasteiger partial charge on any atom is -0.443 e. The Morgan fingerprint density at radius 2 is 1.71 bits per heavy atom. The number of ether oxygens (including phenoxy) is 4. The molecule has 3 saturated heterocycles. The highest BCUT2D eigenvalue weighted by atomic mass is 32.2. The fourth-order valence-electron chi connectivity index (χ4n) is 4.26. The molecule has 0 N–H and O–H groups in total. The predicted molar refractivity (Wildman–Crippen MR) is 127 cm³/mol. The molecule has 198 valence electrons. The van der Waals surface area contributed by atoms with E-state index in [4.69, 9.17) is 27.6 Å². The summed E-state index contributed by atoms with van der Waals surface area (Å²) in [4.78, 5) is 12.8. The molecule has 0 aliphatic carbocycles. The van der Waals surface area contributed by atoms with Gasteiger partial charge in [-0.2, -0.15) is 12.7 Å². The van der Waals surface area contributed by atoms with Crippen molar-refractivity contribution in [1.29, 1.82) is 0 Å². The third kappa shape index (κ3) is 5.18. The van der Waals surface area contributed by atoms with Crippen LogP contribution in [0.3, 0.4) is 0 Å². The van der Waals surface area contributed by atoms with Crippen LogP contribution in [0.25, 0.3) is 0 Å². The average molecular weight is 524 g/mol. The molecule has 1 spiro atoms. The number of rotatable bonds is 3. The van der Waals surface area contributed by atoms with Crippen LogP contribution in [-0.2, 0) is 37.9 Å². The number of amides is 1. The van der Waals surface area contributed by atoms with Crippen LogP contribution in [0, 0.1) is 0 Å². The highest BCUT2D eigenvalue weighted by molar-refractivity contribution is 7.85. The second-order valence-electron chi connectivity index (χ2n) is 12.4. The highest BCUT2D eigenvalue weighted by Crippen LogP contribution is 2.51. The molecule has 0 bridgehead atoms. The van der Waals surface area contributed by atoms with Gasteiger partial charge in [-0.15, -0.1) is 0 Å². The molecule has 0 unspecified atom stereocenters. The van der Waals surface area contributed by atoms with Gasteiger partial charge in [-0.25, -0.2) is 8.98 Å². The smallest absolute Gasteiger partial charge is 0.426 e. The van der Waals surface area contributed by atoms with Gasteiger partial charge in [-0.1, -0.05) is 20.8 Å². The van der Waals surface area contributed by atoms with Gasteiger partial charge in [0.1, 0.15) is 17.8 Å². The maximum absolute atomic E-state index is 13.4. The Morgan fingerprint density at radius 1 is 1.12 bits per heavy atom. The fourth-order valence-corrected chi connectivity index (χ4v) is 6.74. The largest absolute Gasteiger partial charge is 0.443 e. The van der Waals surface area contributed by atoms with Crippen molar-refractivity contribution in [1.82, 2.24) is 4.31 Å². The molecule has 3 aliphatic heterocycles. The van der Waals surface area contributed by atoms with Crippen LogP contribution < -0.4 is 0 Å². The van der Waals surface area contributed by atoms with Crippen molar-refractivity contribution < 1.29 is 40.8 Å². The zero-order valence-corrected chi connectivity index (χ0v) is 24.1. The van der Waals surface area contributed by atoms with E-state index >= 15 is 0 Å². The third-order valence-electron chi connectivity index (χ3n) is 6.87. The lowest BCUT2D eigenvalue weighted by atomic mass is 9.86. The zero-order chi connectivity index (χ0) is 26.1. The van der Waals surface area contributed by atoms with Gasteiger partial charge in [0.15, 0.2) is 26.0 Å². The van der Waals surface area contributed by atoms with Crippen LogP contribution in [0.15, 0.2) is 0 Å². The Hall–Kier alpha value is -0.763. The molecule has 12 heteroatoms. The minimum atomic E-state index is -4.53. The molecular weight excluding hydrogens is 482 g/mol. The molecular formula is C22H41NO9SSi. The van der Waals surface area contributed by atoms with Gasteiger partial charge in [-0.3, -0.25) is 0 Å². The summed E-state index contributed by atoms with van der Waals surface area (Å²) in [5, 5.41) is -0.0517. The van der Waals surface area contributed by atoms with E-state index in [9.17, 15) is 13.2 Å². The molecule has 0 aromatic heterocycles. The molecule has 5 atom stereocenters. The number of fused-ring (bicyclic) bond motifs is 2. The number of carbonyl (C=O) groups excluding carboxylic acids is 1. The summed E-state index contributed by atoms with van der Waals surface area (Å²) >= 11 is 0. The number of carbonyl (C=O) groups is 1. The first-order valence-electron chi connectivity index (χ1n) is 11.7. The van der Waals surface area contributed by atoms with Crippen LogP contribution >= 0.6 is 0 Å². The molecule has 0 saturated carbocycles. The van der Waals surface area contributed by atoms with Gasteiger partial charge in [0.25, 0.3) is 0 Å². The van der Waals surface area contributed by atoms with Crippen LogP contribution in [0.5, 0.6) is 0 Å².